The first-order chi connectivity index (χ1) is 11.3. The Labute approximate surface area is 145 Å². The van der Waals surface area contributed by atoms with Crippen LogP contribution in [0.4, 0.5) is 5.13 Å². The van der Waals surface area contributed by atoms with Gasteiger partial charge in [-0.2, -0.15) is 0 Å². The summed E-state index contributed by atoms with van der Waals surface area (Å²) in [5.74, 6) is -0.430. The maximum absolute atomic E-state index is 12.3. The highest BCUT2D eigenvalue weighted by atomic mass is 32.1. The number of rotatable bonds is 4. The van der Waals surface area contributed by atoms with Gasteiger partial charge in [0.2, 0.25) is 17.7 Å². The van der Waals surface area contributed by atoms with Gasteiger partial charge in [-0.15, -0.1) is 11.3 Å². The molecule has 1 aromatic heterocycles. The standard InChI is InChI=1S/C15H23N5O3S/c1-10-7-16-15(24-10)17-13(22)9-19-5-6-20(11(2)21)12(8-19)14(23)18(3)4/h7,12H,5-6,8-9H2,1-4H3,(H,16,17,22). The summed E-state index contributed by atoms with van der Waals surface area (Å²) < 4.78 is 0. The van der Waals surface area contributed by atoms with Crippen LogP contribution in [0.15, 0.2) is 6.20 Å². The Morgan fingerprint density at radius 1 is 1.38 bits per heavy atom. The minimum atomic E-state index is -0.554. The summed E-state index contributed by atoms with van der Waals surface area (Å²) >= 11 is 1.42. The zero-order valence-electron chi connectivity index (χ0n) is 14.4. The van der Waals surface area contributed by atoms with Crippen LogP contribution in [0.1, 0.15) is 11.8 Å². The van der Waals surface area contributed by atoms with Crippen LogP contribution >= 0.6 is 11.3 Å². The van der Waals surface area contributed by atoms with E-state index in [2.05, 4.69) is 10.3 Å². The van der Waals surface area contributed by atoms with E-state index < -0.39 is 6.04 Å². The van der Waals surface area contributed by atoms with E-state index in [1.54, 1.807) is 25.2 Å². The van der Waals surface area contributed by atoms with Gasteiger partial charge in [0.1, 0.15) is 6.04 Å². The number of hydrogen-bond donors (Lipinski definition) is 1. The third kappa shape index (κ3) is 4.51. The Morgan fingerprint density at radius 3 is 2.62 bits per heavy atom. The molecule has 0 spiro atoms. The number of piperazine rings is 1. The maximum Gasteiger partial charge on any atom is 0.246 e. The summed E-state index contributed by atoms with van der Waals surface area (Å²) in [6.07, 6.45) is 1.71. The molecule has 8 nitrogen and oxygen atoms in total. The lowest BCUT2D eigenvalue weighted by Crippen LogP contribution is -2.60. The molecular weight excluding hydrogens is 330 g/mol. The first kappa shape index (κ1) is 18.3. The number of anilines is 1. The number of aromatic nitrogens is 1. The second-order valence-corrected chi connectivity index (χ2v) is 7.26. The monoisotopic (exact) mass is 353 g/mol. The van der Waals surface area contributed by atoms with E-state index >= 15 is 0 Å². The van der Waals surface area contributed by atoms with Gasteiger partial charge in [-0.3, -0.25) is 19.3 Å². The van der Waals surface area contributed by atoms with Crippen LogP contribution in [-0.4, -0.2) is 83.7 Å². The van der Waals surface area contributed by atoms with Crippen molar-refractivity contribution in [2.24, 2.45) is 0 Å². The quantitative estimate of drug-likeness (QED) is 0.824. The Morgan fingerprint density at radius 2 is 2.08 bits per heavy atom. The Kier molecular flexibility index (Phi) is 5.89. The molecule has 9 heteroatoms. The molecule has 1 atom stereocenters. The van der Waals surface area contributed by atoms with E-state index in [-0.39, 0.29) is 24.3 Å². The fourth-order valence-corrected chi connectivity index (χ4v) is 3.32. The molecule has 0 aliphatic carbocycles. The summed E-state index contributed by atoms with van der Waals surface area (Å²) in [4.78, 5) is 46.3. The van der Waals surface area contributed by atoms with E-state index in [4.69, 9.17) is 0 Å². The van der Waals surface area contributed by atoms with Crippen LogP contribution in [0, 0.1) is 6.92 Å². The van der Waals surface area contributed by atoms with E-state index in [1.807, 2.05) is 11.8 Å². The predicted molar refractivity (Wildman–Crippen MR) is 91.8 cm³/mol. The van der Waals surface area contributed by atoms with Crippen molar-refractivity contribution >= 4 is 34.2 Å². The van der Waals surface area contributed by atoms with Crippen LogP contribution in [0.2, 0.25) is 0 Å². The molecule has 0 aromatic carbocycles. The largest absolute Gasteiger partial charge is 0.347 e. The first-order valence-electron chi connectivity index (χ1n) is 7.71. The summed E-state index contributed by atoms with van der Waals surface area (Å²) in [5, 5.41) is 3.33. The van der Waals surface area contributed by atoms with Crippen molar-refractivity contribution in [2.75, 3.05) is 45.6 Å². The lowest BCUT2D eigenvalue weighted by Gasteiger charge is -2.40. The van der Waals surface area contributed by atoms with Crippen molar-refractivity contribution in [1.82, 2.24) is 19.7 Å². The molecule has 0 radical (unpaired) electrons. The van der Waals surface area contributed by atoms with Gasteiger partial charge in [-0.05, 0) is 6.92 Å². The second-order valence-electron chi connectivity index (χ2n) is 6.02. The second kappa shape index (κ2) is 7.71. The number of carbonyl (C=O) groups excluding carboxylic acids is 3. The lowest BCUT2D eigenvalue weighted by atomic mass is 10.1. The van der Waals surface area contributed by atoms with Crippen molar-refractivity contribution < 1.29 is 14.4 Å². The van der Waals surface area contributed by atoms with Crippen molar-refractivity contribution in [2.45, 2.75) is 19.9 Å². The number of aryl methyl sites for hydroxylation is 1. The Bertz CT molecular complexity index is 630. The molecule has 132 valence electrons. The van der Waals surface area contributed by atoms with Crippen molar-refractivity contribution in [3.8, 4) is 0 Å². The molecule has 1 aromatic rings. The van der Waals surface area contributed by atoms with E-state index in [0.717, 1.165) is 4.88 Å². The summed E-state index contributed by atoms with van der Waals surface area (Å²) in [6, 6.07) is -0.554. The van der Waals surface area contributed by atoms with Crippen molar-refractivity contribution in [1.29, 1.82) is 0 Å². The average molecular weight is 353 g/mol. The average Bonchev–Trinajstić information content (AvgIpc) is 2.90. The van der Waals surface area contributed by atoms with Crippen LogP contribution in [-0.2, 0) is 14.4 Å². The highest BCUT2D eigenvalue weighted by Crippen LogP contribution is 2.17. The minimum absolute atomic E-state index is 0.127. The number of likely N-dealkylation sites (N-methyl/N-ethyl adjacent to an activating group) is 1. The molecule has 1 aliphatic rings. The molecule has 24 heavy (non-hydrogen) atoms. The van der Waals surface area contributed by atoms with Crippen LogP contribution in [0.3, 0.4) is 0 Å². The first-order valence-corrected chi connectivity index (χ1v) is 8.52. The zero-order valence-corrected chi connectivity index (χ0v) is 15.2. The number of amides is 3. The molecule has 0 saturated carbocycles. The number of nitrogens with one attached hydrogen (secondary N) is 1. The fourth-order valence-electron chi connectivity index (χ4n) is 2.64. The van der Waals surface area contributed by atoms with Crippen molar-refractivity contribution in [3.05, 3.63) is 11.1 Å². The number of hydrogen-bond acceptors (Lipinski definition) is 6. The smallest absolute Gasteiger partial charge is 0.246 e. The molecule has 1 aliphatic heterocycles. The van der Waals surface area contributed by atoms with Gasteiger partial charge in [0.25, 0.3) is 0 Å². The normalized spacial score (nSPS) is 18.3. The van der Waals surface area contributed by atoms with E-state index in [9.17, 15) is 14.4 Å². The van der Waals surface area contributed by atoms with Gasteiger partial charge in [-0.25, -0.2) is 4.98 Å². The molecule has 1 unspecified atom stereocenters. The lowest BCUT2D eigenvalue weighted by molar-refractivity contribution is -0.147. The van der Waals surface area contributed by atoms with Crippen LogP contribution in [0.5, 0.6) is 0 Å². The van der Waals surface area contributed by atoms with E-state index in [0.29, 0.717) is 24.8 Å². The maximum atomic E-state index is 12.3. The highest BCUT2D eigenvalue weighted by Gasteiger charge is 2.35. The van der Waals surface area contributed by atoms with Gasteiger partial charge >= 0.3 is 0 Å². The van der Waals surface area contributed by atoms with Crippen LogP contribution in [0.25, 0.3) is 0 Å². The molecule has 2 heterocycles. The molecule has 1 saturated heterocycles. The zero-order chi connectivity index (χ0) is 17.9. The third-order valence-corrected chi connectivity index (χ3v) is 4.66. The number of thiazole rings is 1. The van der Waals surface area contributed by atoms with E-state index in [1.165, 1.54) is 23.2 Å². The summed E-state index contributed by atoms with van der Waals surface area (Å²) in [7, 11) is 3.33. The molecule has 1 fully saturated rings. The van der Waals surface area contributed by atoms with Gasteiger partial charge in [0, 0.05) is 51.7 Å². The molecular formula is C15H23N5O3S. The van der Waals surface area contributed by atoms with Gasteiger partial charge < -0.3 is 15.1 Å². The molecule has 3 amide bonds. The predicted octanol–water partition coefficient (Wildman–Crippen LogP) is 0.0109. The van der Waals surface area contributed by atoms with Gasteiger partial charge in [-0.1, -0.05) is 0 Å². The Balaban J connectivity index is 1.97. The summed E-state index contributed by atoms with van der Waals surface area (Å²) in [5.41, 5.74) is 0. The molecule has 0 bridgehead atoms. The summed E-state index contributed by atoms with van der Waals surface area (Å²) in [6.45, 7) is 4.89. The van der Waals surface area contributed by atoms with Crippen LogP contribution < -0.4 is 5.32 Å². The van der Waals surface area contributed by atoms with Crippen molar-refractivity contribution in [3.63, 3.8) is 0 Å². The molecule has 1 N–H and O–H groups in total. The van der Waals surface area contributed by atoms with Gasteiger partial charge in [0.15, 0.2) is 5.13 Å². The number of carbonyl (C=O) groups is 3. The Hall–Kier alpha value is -2.00. The highest BCUT2D eigenvalue weighted by molar-refractivity contribution is 7.15. The molecule has 2 rings (SSSR count). The SMILES string of the molecule is CC(=O)N1CCN(CC(=O)Nc2ncc(C)s2)CC1C(=O)N(C)C. The fraction of sp³-hybridized carbons (Fsp3) is 0.600. The topological polar surface area (TPSA) is 85.9 Å². The minimum Gasteiger partial charge on any atom is -0.347 e. The van der Waals surface area contributed by atoms with Gasteiger partial charge in [0.05, 0.1) is 6.54 Å². The third-order valence-electron chi connectivity index (χ3n) is 3.83. The number of nitrogens with zero attached hydrogens (tertiary/aromatic N) is 4.